The van der Waals surface area contributed by atoms with Gasteiger partial charge in [-0.25, -0.2) is 4.99 Å². The van der Waals surface area contributed by atoms with Crippen LogP contribution in [0.4, 0.5) is 0 Å². The molecule has 0 spiro atoms. The van der Waals surface area contributed by atoms with Crippen LogP contribution in [0.5, 0.6) is 0 Å². The fraction of sp³-hybridized carbons (Fsp3) is 0.273. The second-order valence-electron chi connectivity index (χ2n) is 6.49. The van der Waals surface area contributed by atoms with Gasteiger partial charge in [0.1, 0.15) is 0 Å². The van der Waals surface area contributed by atoms with Crippen LogP contribution in [-0.2, 0) is 13.0 Å². The number of H-pyrrole nitrogens is 1. The minimum atomic E-state index is 0.577. The quantitative estimate of drug-likeness (QED) is 0.464. The van der Waals surface area contributed by atoms with E-state index in [1.54, 1.807) is 0 Å². The molecule has 0 saturated heterocycles. The van der Waals surface area contributed by atoms with E-state index in [4.69, 9.17) is 5.26 Å². The van der Waals surface area contributed by atoms with Crippen LogP contribution in [0.25, 0.3) is 10.9 Å². The van der Waals surface area contributed by atoms with Crippen molar-refractivity contribution in [2.24, 2.45) is 4.99 Å². The molecule has 5 heteroatoms. The fourth-order valence-corrected chi connectivity index (χ4v) is 3.08. The lowest BCUT2D eigenvalue weighted by atomic mass is 10.1. The highest BCUT2D eigenvalue weighted by molar-refractivity contribution is 5.86. The summed E-state index contributed by atoms with van der Waals surface area (Å²) in [5.41, 5.74) is 5.54. The molecule has 3 aromatic rings. The van der Waals surface area contributed by atoms with E-state index >= 15 is 0 Å². The molecule has 27 heavy (non-hydrogen) atoms. The summed E-state index contributed by atoms with van der Waals surface area (Å²) in [5, 5.41) is 16.8. The van der Waals surface area contributed by atoms with Gasteiger partial charge < -0.3 is 15.6 Å². The third-order valence-corrected chi connectivity index (χ3v) is 4.54. The molecule has 3 N–H and O–H groups in total. The number of aryl methyl sites for hydroxylation is 1. The number of guanidine groups is 1. The maximum atomic E-state index is 8.87. The van der Waals surface area contributed by atoms with Crippen LogP contribution in [0, 0.1) is 18.3 Å². The highest BCUT2D eigenvalue weighted by atomic mass is 15.2. The summed E-state index contributed by atoms with van der Waals surface area (Å²) < 4.78 is 0. The number of nitrogens with zero attached hydrogens (tertiary/aromatic N) is 2. The molecule has 1 aromatic heterocycles. The average molecular weight is 359 g/mol. The summed E-state index contributed by atoms with van der Waals surface area (Å²) in [5.74, 6) is 0.804. The van der Waals surface area contributed by atoms with Crippen LogP contribution in [0.3, 0.4) is 0 Å². The average Bonchev–Trinajstić information content (AvgIpc) is 3.11. The summed E-state index contributed by atoms with van der Waals surface area (Å²) >= 11 is 0. The molecule has 2 aromatic carbocycles. The molecule has 0 radical (unpaired) electrons. The molecule has 0 fully saturated rings. The smallest absolute Gasteiger partial charge is 0.191 e. The predicted molar refractivity (Wildman–Crippen MR) is 111 cm³/mol. The Bertz CT molecular complexity index is 961. The number of benzene rings is 2. The van der Waals surface area contributed by atoms with Crippen molar-refractivity contribution in [1.82, 2.24) is 15.6 Å². The number of para-hydroxylation sites is 1. The minimum Gasteiger partial charge on any atom is -0.361 e. The summed E-state index contributed by atoms with van der Waals surface area (Å²) in [7, 11) is 0. The van der Waals surface area contributed by atoms with E-state index in [1.807, 2.05) is 24.3 Å². The topological polar surface area (TPSA) is 76.0 Å². The molecule has 0 aliphatic heterocycles. The zero-order valence-corrected chi connectivity index (χ0v) is 15.8. The first kappa shape index (κ1) is 18.5. The van der Waals surface area contributed by atoms with Gasteiger partial charge in [0.25, 0.3) is 0 Å². The van der Waals surface area contributed by atoms with Crippen molar-refractivity contribution < 1.29 is 0 Å². The molecule has 138 valence electrons. The van der Waals surface area contributed by atoms with Crippen molar-refractivity contribution in [2.75, 3.05) is 13.1 Å². The Balaban J connectivity index is 1.60. The maximum Gasteiger partial charge on any atom is 0.191 e. The number of hydrogen-bond donors (Lipinski definition) is 3. The molecule has 3 rings (SSSR count). The molecule has 0 saturated carbocycles. The molecular formula is C22H25N5. The Hall–Kier alpha value is -3.26. The highest BCUT2D eigenvalue weighted by Gasteiger charge is 2.05. The summed E-state index contributed by atoms with van der Waals surface area (Å²) in [4.78, 5) is 8.02. The van der Waals surface area contributed by atoms with Crippen LogP contribution in [-0.4, -0.2) is 24.0 Å². The molecule has 0 bridgehead atoms. The van der Waals surface area contributed by atoms with E-state index in [2.05, 4.69) is 64.9 Å². The molecule has 0 aliphatic carbocycles. The minimum absolute atomic E-state index is 0.577. The van der Waals surface area contributed by atoms with Crippen molar-refractivity contribution >= 4 is 16.9 Å². The summed E-state index contributed by atoms with van der Waals surface area (Å²) in [6.07, 6.45) is 3.02. The lowest BCUT2D eigenvalue weighted by molar-refractivity contribution is 0.801. The summed E-state index contributed by atoms with van der Waals surface area (Å²) in [6, 6.07) is 16.1. The Morgan fingerprint density at radius 2 is 1.96 bits per heavy atom. The molecule has 0 aliphatic rings. The number of rotatable bonds is 6. The summed E-state index contributed by atoms with van der Waals surface area (Å²) in [6.45, 7) is 6.38. The molecule has 0 amide bonds. The lowest BCUT2D eigenvalue weighted by Crippen LogP contribution is -2.38. The van der Waals surface area contributed by atoms with Crippen LogP contribution in [0.1, 0.15) is 29.2 Å². The SMILES string of the molecule is CCNC(=NCc1ccc(C#N)cc1)NCCc1c[nH]c2c(C)cccc12. The monoisotopic (exact) mass is 359 g/mol. The van der Waals surface area contributed by atoms with Gasteiger partial charge in [-0.05, 0) is 49.1 Å². The highest BCUT2D eigenvalue weighted by Crippen LogP contribution is 2.21. The number of hydrogen-bond acceptors (Lipinski definition) is 2. The van der Waals surface area contributed by atoms with Gasteiger partial charge in [0.15, 0.2) is 5.96 Å². The van der Waals surface area contributed by atoms with Crippen LogP contribution in [0.15, 0.2) is 53.7 Å². The standard InChI is InChI=1S/C22H25N5/c1-3-24-22(27-14-18-9-7-17(13-23)8-10-18)25-12-11-19-15-26-21-16(2)5-4-6-20(19)21/h4-10,15,26H,3,11-12,14H2,1-2H3,(H2,24,25,27). The Morgan fingerprint density at radius 1 is 1.15 bits per heavy atom. The van der Waals surface area contributed by atoms with E-state index in [9.17, 15) is 0 Å². The first-order valence-corrected chi connectivity index (χ1v) is 9.28. The second-order valence-corrected chi connectivity index (χ2v) is 6.49. The first-order valence-electron chi connectivity index (χ1n) is 9.28. The number of aliphatic imine (C=N–C) groups is 1. The van der Waals surface area contributed by atoms with Gasteiger partial charge >= 0.3 is 0 Å². The number of aromatic nitrogens is 1. The second kappa shape index (κ2) is 8.91. The molecule has 0 unspecified atom stereocenters. The Morgan fingerprint density at radius 3 is 2.70 bits per heavy atom. The van der Waals surface area contributed by atoms with Gasteiger partial charge in [-0.1, -0.05) is 30.3 Å². The van der Waals surface area contributed by atoms with Gasteiger partial charge in [-0.15, -0.1) is 0 Å². The number of fused-ring (bicyclic) bond motifs is 1. The Labute approximate surface area is 160 Å². The fourth-order valence-electron chi connectivity index (χ4n) is 3.08. The van der Waals surface area contributed by atoms with Crippen LogP contribution < -0.4 is 10.6 Å². The van der Waals surface area contributed by atoms with Gasteiger partial charge in [-0.3, -0.25) is 0 Å². The zero-order chi connectivity index (χ0) is 19.1. The first-order chi connectivity index (χ1) is 13.2. The molecular weight excluding hydrogens is 334 g/mol. The number of aromatic amines is 1. The van der Waals surface area contributed by atoms with E-state index in [1.165, 1.54) is 22.0 Å². The van der Waals surface area contributed by atoms with E-state index < -0.39 is 0 Å². The van der Waals surface area contributed by atoms with Crippen molar-refractivity contribution in [3.05, 3.63) is 70.9 Å². The molecule has 0 atom stereocenters. The third-order valence-electron chi connectivity index (χ3n) is 4.54. The molecule has 1 heterocycles. The number of nitrogens with one attached hydrogen (secondary N) is 3. The van der Waals surface area contributed by atoms with E-state index in [0.717, 1.165) is 31.0 Å². The maximum absolute atomic E-state index is 8.87. The normalized spacial score (nSPS) is 11.4. The molecule has 5 nitrogen and oxygen atoms in total. The van der Waals surface area contributed by atoms with Gasteiger partial charge in [0, 0.05) is 30.2 Å². The van der Waals surface area contributed by atoms with E-state index in [0.29, 0.717) is 12.1 Å². The van der Waals surface area contributed by atoms with Gasteiger partial charge in [0.05, 0.1) is 18.2 Å². The largest absolute Gasteiger partial charge is 0.361 e. The van der Waals surface area contributed by atoms with Crippen molar-refractivity contribution in [2.45, 2.75) is 26.8 Å². The van der Waals surface area contributed by atoms with Crippen molar-refractivity contribution in [3.8, 4) is 6.07 Å². The predicted octanol–water partition coefficient (Wildman–Crippen LogP) is 3.65. The van der Waals surface area contributed by atoms with Crippen LogP contribution in [0.2, 0.25) is 0 Å². The van der Waals surface area contributed by atoms with Crippen LogP contribution >= 0.6 is 0 Å². The Kier molecular flexibility index (Phi) is 6.11. The lowest BCUT2D eigenvalue weighted by Gasteiger charge is -2.11. The van der Waals surface area contributed by atoms with Gasteiger partial charge in [0.2, 0.25) is 0 Å². The number of nitriles is 1. The van der Waals surface area contributed by atoms with Crippen molar-refractivity contribution in [3.63, 3.8) is 0 Å². The van der Waals surface area contributed by atoms with Gasteiger partial charge in [-0.2, -0.15) is 5.26 Å². The zero-order valence-electron chi connectivity index (χ0n) is 15.8. The van der Waals surface area contributed by atoms with E-state index in [-0.39, 0.29) is 0 Å². The van der Waals surface area contributed by atoms with Crippen molar-refractivity contribution in [1.29, 1.82) is 5.26 Å². The third kappa shape index (κ3) is 4.68.